The molecule has 7 nitrogen and oxygen atoms in total. The minimum Gasteiger partial charge on any atom is -0.379 e. The number of piperidine rings is 1. The molecule has 0 radical (unpaired) electrons. The predicted octanol–water partition coefficient (Wildman–Crippen LogP) is 2.16. The van der Waals surface area contributed by atoms with Gasteiger partial charge in [-0.15, -0.1) is 0 Å². The van der Waals surface area contributed by atoms with Crippen LogP contribution < -0.4 is 10.2 Å². The molecule has 0 aliphatic carbocycles. The van der Waals surface area contributed by atoms with Crippen molar-refractivity contribution in [3.63, 3.8) is 0 Å². The summed E-state index contributed by atoms with van der Waals surface area (Å²) in [6.45, 7) is 6.11. The molecule has 0 saturated carbocycles. The Morgan fingerprint density at radius 2 is 1.71 bits per heavy atom. The Balaban J connectivity index is 1.26. The molecule has 0 bridgehead atoms. The van der Waals surface area contributed by atoms with Gasteiger partial charge in [0.2, 0.25) is 11.9 Å². The van der Waals surface area contributed by atoms with E-state index in [1.807, 2.05) is 18.2 Å². The van der Waals surface area contributed by atoms with Crippen LogP contribution in [0.25, 0.3) is 0 Å². The van der Waals surface area contributed by atoms with Crippen LogP contribution in [0.2, 0.25) is 0 Å². The molecule has 0 unspecified atom stereocenters. The molecule has 1 aromatic carbocycles. The Morgan fingerprint density at radius 3 is 2.39 bits per heavy atom. The number of ether oxygens (including phenoxy) is 1. The summed E-state index contributed by atoms with van der Waals surface area (Å²) >= 11 is 0. The Bertz CT molecular complexity index is 754. The molecule has 0 atom stereocenters. The first kappa shape index (κ1) is 18.8. The molecule has 1 N–H and O–H groups in total. The van der Waals surface area contributed by atoms with E-state index in [4.69, 9.17) is 4.74 Å². The van der Waals surface area contributed by atoms with Crippen LogP contribution in [0.4, 0.5) is 11.6 Å². The van der Waals surface area contributed by atoms with Crippen molar-refractivity contribution >= 4 is 17.5 Å². The van der Waals surface area contributed by atoms with Crippen LogP contribution in [-0.2, 0) is 16.1 Å². The van der Waals surface area contributed by atoms with Crippen LogP contribution in [0.5, 0.6) is 0 Å². The SMILES string of the molecule is O=C(Nc1ccc(CN2CCOCC2)cc1)C1CCN(c2ncccn2)CC1. The monoisotopic (exact) mass is 381 g/mol. The lowest BCUT2D eigenvalue weighted by Crippen LogP contribution is -2.39. The Hall–Kier alpha value is -2.51. The maximum Gasteiger partial charge on any atom is 0.227 e. The Labute approximate surface area is 165 Å². The van der Waals surface area contributed by atoms with Gasteiger partial charge in [-0.1, -0.05) is 12.1 Å². The highest BCUT2D eigenvalue weighted by Gasteiger charge is 2.26. The fourth-order valence-electron chi connectivity index (χ4n) is 3.75. The molecular weight excluding hydrogens is 354 g/mol. The molecule has 2 saturated heterocycles. The van der Waals surface area contributed by atoms with Gasteiger partial charge in [0.15, 0.2) is 0 Å². The summed E-state index contributed by atoms with van der Waals surface area (Å²) in [7, 11) is 0. The molecule has 0 spiro atoms. The summed E-state index contributed by atoms with van der Waals surface area (Å²) in [6.07, 6.45) is 5.14. The molecule has 148 valence electrons. The lowest BCUT2D eigenvalue weighted by atomic mass is 9.96. The fraction of sp³-hybridized carbons (Fsp3) is 0.476. The molecule has 2 fully saturated rings. The number of amides is 1. The molecule has 3 heterocycles. The van der Waals surface area contributed by atoms with Gasteiger partial charge >= 0.3 is 0 Å². The van der Waals surface area contributed by atoms with Crippen molar-refractivity contribution in [1.82, 2.24) is 14.9 Å². The molecule has 7 heteroatoms. The highest BCUT2D eigenvalue weighted by Crippen LogP contribution is 2.22. The van der Waals surface area contributed by atoms with Crippen LogP contribution in [0.1, 0.15) is 18.4 Å². The third-order valence-electron chi connectivity index (χ3n) is 5.43. The Kier molecular flexibility index (Phi) is 6.14. The molecule has 28 heavy (non-hydrogen) atoms. The van der Waals surface area contributed by atoms with Crippen LogP contribution in [0.15, 0.2) is 42.7 Å². The number of aromatic nitrogens is 2. The number of anilines is 2. The lowest BCUT2D eigenvalue weighted by molar-refractivity contribution is -0.120. The number of nitrogens with one attached hydrogen (secondary N) is 1. The van der Waals surface area contributed by atoms with E-state index in [9.17, 15) is 4.79 Å². The summed E-state index contributed by atoms with van der Waals surface area (Å²) < 4.78 is 5.39. The standard InChI is InChI=1S/C21H27N5O2/c27-20(18-6-10-26(11-7-18)21-22-8-1-9-23-21)24-19-4-2-17(3-5-19)16-25-12-14-28-15-13-25/h1-5,8-9,18H,6-7,10-16H2,(H,24,27). The van der Waals surface area contributed by atoms with Gasteiger partial charge < -0.3 is 15.0 Å². The molecule has 2 aliphatic heterocycles. The molecular formula is C21H27N5O2. The smallest absolute Gasteiger partial charge is 0.227 e. The van der Waals surface area contributed by atoms with Crippen LogP contribution in [0, 0.1) is 5.92 Å². The zero-order chi connectivity index (χ0) is 19.2. The van der Waals surface area contributed by atoms with E-state index in [-0.39, 0.29) is 11.8 Å². The van der Waals surface area contributed by atoms with E-state index in [1.165, 1.54) is 5.56 Å². The van der Waals surface area contributed by atoms with Gasteiger partial charge in [-0.2, -0.15) is 0 Å². The molecule has 2 aliphatic rings. The van der Waals surface area contributed by atoms with Crippen molar-refractivity contribution in [2.24, 2.45) is 5.92 Å². The van der Waals surface area contributed by atoms with E-state index >= 15 is 0 Å². The summed E-state index contributed by atoms with van der Waals surface area (Å²) in [4.78, 5) is 25.8. The lowest BCUT2D eigenvalue weighted by Gasteiger charge is -2.31. The quantitative estimate of drug-likeness (QED) is 0.856. The largest absolute Gasteiger partial charge is 0.379 e. The number of rotatable bonds is 5. The van der Waals surface area contributed by atoms with Crippen molar-refractivity contribution < 1.29 is 9.53 Å². The van der Waals surface area contributed by atoms with Crippen LogP contribution in [0.3, 0.4) is 0 Å². The minimum atomic E-state index is 0.0352. The predicted molar refractivity (Wildman–Crippen MR) is 108 cm³/mol. The second-order valence-electron chi connectivity index (χ2n) is 7.38. The first-order valence-electron chi connectivity index (χ1n) is 10.00. The highest BCUT2D eigenvalue weighted by molar-refractivity contribution is 5.92. The summed E-state index contributed by atoms with van der Waals surface area (Å²) in [5.74, 6) is 0.889. The maximum absolute atomic E-state index is 12.6. The summed E-state index contributed by atoms with van der Waals surface area (Å²) in [5, 5.41) is 3.07. The number of hydrogen-bond acceptors (Lipinski definition) is 6. The van der Waals surface area contributed by atoms with E-state index in [0.29, 0.717) is 0 Å². The number of nitrogens with zero attached hydrogens (tertiary/aromatic N) is 4. The van der Waals surface area contributed by atoms with Crippen molar-refractivity contribution in [1.29, 1.82) is 0 Å². The van der Waals surface area contributed by atoms with Crippen molar-refractivity contribution in [2.45, 2.75) is 19.4 Å². The minimum absolute atomic E-state index is 0.0352. The summed E-state index contributed by atoms with van der Waals surface area (Å²) in [6, 6.07) is 10.0. The number of morpholine rings is 1. The molecule has 2 aromatic rings. The molecule has 1 aromatic heterocycles. The van der Waals surface area contributed by atoms with Gasteiger partial charge in [-0.25, -0.2) is 9.97 Å². The Morgan fingerprint density at radius 1 is 1.04 bits per heavy atom. The second kappa shape index (κ2) is 9.12. The van der Waals surface area contributed by atoms with Gasteiger partial charge in [0.25, 0.3) is 0 Å². The number of carbonyl (C=O) groups excluding carboxylic acids is 1. The van der Waals surface area contributed by atoms with Crippen molar-refractivity contribution in [3.8, 4) is 0 Å². The third-order valence-corrected chi connectivity index (χ3v) is 5.43. The number of carbonyl (C=O) groups is 1. The normalized spacial score (nSPS) is 18.8. The highest BCUT2D eigenvalue weighted by atomic mass is 16.5. The van der Waals surface area contributed by atoms with E-state index in [2.05, 4.69) is 37.2 Å². The fourth-order valence-corrected chi connectivity index (χ4v) is 3.75. The van der Waals surface area contributed by atoms with Crippen molar-refractivity contribution in [3.05, 3.63) is 48.3 Å². The number of benzene rings is 1. The first-order chi connectivity index (χ1) is 13.8. The zero-order valence-corrected chi connectivity index (χ0v) is 16.1. The van der Waals surface area contributed by atoms with Crippen LogP contribution in [-0.4, -0.2) is 60.2 Å². The number of hydrogen-bond donors (Lipinski definition) is 1. The van der Waals surface area contributed by atoms with Gasteiger partial charge in [0.1, 0.15) is 0 Å². The van der Waals surface area contributed by atoms with Gasteiger partial charge in [-0.05, 0) is 36.6 Å². The molecule has 4 rings (SSSR count). The van der Waals surface area contributed by atoms with Gasteiger partial charge in [0.05, 0.1) is 13.2 Å². The van der Waals surface area contributed by atoms with Gasteiger partial charge in [0, 0.05) is 56.7 Å². The average molecular weight is 381 g/mol. The molecule has 1 amide bonds. The van der Waals surface area contributed by atoms with Crippen LogP contribution >= 0.6 is 0 Å². The third kappa shape index (κ3) is 4.85. The average Bonchev–Trinajstić information content (AvgIpc) is 2.76. The van der Waals surface area contributed by atoms with E-state index in [1.54, 1.807) is 12.4 Å². The maximum atomic E-state index is 12.6. The van der Waals surface area contributed by atoms with Gasteiger partial charge in [-0.3, -0.25) is 9.69 Å². The summed E-state index contributed by atoms with van der Waals surface area (Å²) in [5.41, 5.74) is 2.13. The topological polar surface area (TPSA) is 70.6 Å². The van der Waals surface area contributed by atoms with E-state index < -0.39 is 0 Å². The van der Waals surface area contributed by atoms with E-state index in [0.717, 1.165) is 70.4 Å². The second-order valence-corrected chi connectivity index (χ2v) is 7.38. The van der Waals surface area contributed by atoms with Crippen molar-refractivity contribution in [2.75, 3.05) is 49.6 Å². The first-order valence-corrected chi connectivity index (χ1v) is 10.00. The zero-order valence-electron chi connectivity index (χ0n) is 16.1.